The van der Waals surface area contributed by atoms with Crippen molar-refractivity contribution in [1.29, 1.82) is 0 Å². The van der Waals surface area contributed by atoms with Crippen LogP contribution in [0.25, 0.3) is 11.4 Å². The van der Waals surface area contributed by atoms with Gasteiger partial charge in [-0.25, -0.2) is 0 Å². The number of thioether (sulfide) groups is 1. The van der Waals surface area contributed by atoms with E-state index in [-0.39, 0.29) is 11.2 Å². The summed E-state index contributed by atoms with van der Waals surface area (Å²) in [6.45, 7) is 3.50. The molecule has 9 heteroatoms. The molecule has 0 saturated carbocycles. The van der Waals surface area contributed by atoms with Crippen molar-refractivity contribution in [3.8, 4) is 11.4 Å². The summed E-state index contributed by atoms with van der Waals surface area (Å²) in [5, 5.41) is 12.6. The van der Waals surface area contributed by atoms with Gasteiger partial charge in [-0.1, -0.05) is 23.4 Å². The van der Waals surface area contributed by atoms with Gasteiger partial charge < -0.3 is 14.5 Å². The number of hydrogen-bond acceptors (Lipinski definition) is 6. The number of rotatable bonds is 10. The monoisotopic (exact) mass is 434 g/mol. The molecule has 3 rings (SSSR count). The van der Waals surface area contributed by atoms with Crippen LogP contribution >= 0.6 is 23.4 Å². The largest absolute Gasteiger partial charge is 0.467 e. The quantitative estimate of drug-likeness (QED) is 0.385. The van der Waals surface area contributed by atoms with Gasteiger partial charge in [0.2, 0.25) is 5.91 Å². The maximum Gasteiger partial charge on any atom is 0.233 e. The number of nitrogens with one attached hydrogen (secondary N) is 1. The smallest absolute Gasteiger partial charge is 0.233 e. The van der Waals surface area contributed by atoms with Crippen LogP contribution in [0.2, 0.25) is 5.02 Å². The molecule has 1 atom stereocenters. The number of carbonyl (C=O) groups is 1. The van der Waals surface area contributed by atoms with Crippen LogP contribution in [0.1, 0.15) is 19.1 Å². The Labute approximate surface area is 178 Å². The minimum atomic E-state index is -0.324. The van der Waals surface area contributed by atoms with Crippen LogP contribution in [0.15, 0.2) is 52.2 Å². The first-order valence-corrected chi connectivity index (χ1v) is 10.5. The highest BCUT2D eigenvalue weighted by Crippen LogP contribution is 2.28. The van der Waals surface area contributed by atoms with Gasteiger partial charge >= 0.3 is 0 Å². The summed E-state index contributed by atoms with van der Waals surface area (Å²) < 4.78 is 12.5. The van der Waals surface area contributed by atoms with Crippen molar-refractivity contribution in [3.63, 3.8) is 0 Å². The molecule has 0 aliphatic heterocycles. The third-order valence-corrected chi connectivity index (χ3v) is 5.52. The lowest BCUT2D eigenvalue weighted by atomic mass is 10.2. The summed E-state index contributed by atoms with van der Waals surface area (Å²) >= 11 is 7.37. The van der Waals surface area contributed by atoms with Gasteiger partial charge in [-0.3, -0.25) is 9.36 Å². The Balaban J connectivity index is 1.78. The minimum Gasteiger partial charge on any atom is -0.467 e. The lowest BCUT2D eigenvalue weighted by Gasteiger charge is -2.13. The van der Waals surface area contributed by atoms with Gasteiger partial charge in [0.05, 0.1) is 18.1 Å². The molecule has 2 heterocycles. The highest BCUT2D eigenvalue weighted by atomic mass is 35.5. The lowest BCUT2D eigenvalue weighted by molar-refractivity contribution is -0.120. The fourth-order valence-electron chi connectivity index (χ4n) is 2.67. The summed E-state index contributed by atoms with van der Waals surface area (Å²) in [5.41, 5.74) is 0.886. The van der Waals surface area contributed by atoms with Gasteiger partial charge in [-0.05, 0) is 49.7 Å². The first-order valence-electron chi connectivity index (χ1n) is 9.23. The molecule has 0 aliphatic carbocycles. The van der Waals surface area contributed by atoms with Crippen molar-refractivity contribution in [2.45, 2.75) is 30.3 Å². The molecule has 3 aromatic rings. The molecule has 1 unspecified atom stereocenters. The zero-order chi connectivity index (χ0) is 20.6. The molecule has 1 amide bonds. The van der Waals surface area contributed by atoms with Gasteiger partial charge in [0.1, 0.15) is 5.76 Å². The van der Waals surface area contributed by atoms with Gasteiger partial charge in [0, 0.05) is 30.8 Å². The maximum atomic E-state index is 12.4. The highest BCUT2D eigenvalue weighted by Gasteiger charge is 2.21. The van der Waals surface area contributed by atoms with Crippen LogP contribution < -0.4 is 5.32 Å². The number of carbonyl (C=O) groups excluding carboxylic acids is 1. The molecule has 0 radical (unpaired) electrons. The van der Waals surface area contributed by atoms with E-state index in [0.717, 1.165) is 17.7 Å². The van der Waals surface area contributed by atoms with Crippen molar-refractivity contribution < 1.29 is 13.9 Å². The van der Waals surface area contributed by atoms with Crippen molar-refractivity contribution in [1.82, 2.24) is 20.1 Å². The van der Waals surface area contributed by atoms with Crippen LogP contribution in [-0.2, 0) is 16.1 Å². The van der Waals surface area contributed by atoms with Crippen molar-refractivity contribution in [2.75, 3.05) is 20.3 Å². The van der Waals surface area contributed by atoms with E-state index in [0.29, 0.717) is 35.7 Å². The second-order valence-corrected chi connectivity index (χ2v) is 8.12. The number of benzene rings is 1. The van der Waals surface area contributed by atoms with E-state index < -0.39 is 0 Å². The number of hydrogen-bond donors (Lipinski definition) is 1. The molecule has 29 heavy (non-hydrogen) atoms. The molecular weight excluding hydrogens is 412 g/mol. The van der Waals surface area contributed by atoms with Crippen LogP contribution in [0.3, 0.4) is 0 Å². The molecule has 0 fully saturated rings. The van der Waals surface area contributed by atoms with E-state index in [2.05, 4.69) is 15.5 Å². The molecule has 1 aromatic carbocycles. The predicted octanol–water partition coefficient (Wildman–Crippen LogP) is 3.87. The summed E-state index contributed by atoms with van der Waals surface area (Å²) in [4.78, 5) is 12.4. The second-order valence-electron chi connectivity index (χ2n) is 6.38. The van der Waals surface area contributed by atoms with E-state index in [4.69, 9.17) is 20.8 Å². The zero-order valence-electron chi connectivity index (χ0n) is 16.3. The Morgan fingerprint density at radius 3 is 2.79 bits per heavy atom. The number of furan rings is 1. The average molecular weight is 435 g/mol. The number of nitrogens with zero attached hydrogens (tertiary/aromatic N) is 3. The number of methoxy groups -OCH3 is 1. The minimum absolute atomic E-state index is 0.0494. The topological polar surface area (TPSA) is 82.2 Å². The molecule has 0 spiro atoms. The summed E-state index contributed by atoms with van der Waals surface area (Å²) in [6.07, 6.45) is 2.40. The van der Waals surface area contributed by atoms with E-state index in [1.807, 2.05) is 47.9 Å². The van der Waals surface area contributed by atoms with Crippen molar-refractivity contribution in [3.05, 3.63) is 53.4 Å². The molecular formula is C20H23ClN4O3S. The first kappa shape index (κ1) is 21.4. The highest BCUT2D eigenvalue weighted by molar-refractivity contribution is 8.00. The Morgan fingerprint density at radius 2 is 2.10 bits per heavy atom. The molecule has 0 aliphatic rings. The Hall–Kier alpha value is -2.29. The molecule has 7 nitrogen and oxygen atoms in total. The van der Waals surface area contributed by atoms with Crippen LogP contribution in [0.5, 0.6) is 0 Å². The Morgan fingerprint density at radius 1 is 1.31 bits per heavy atom. The number of ether oxygens (including phenoxy) is 1. The van der Waals surface area contributed by atoms with Crippen LogP contribution in [0.4, 0.5) is 0 Å². The molecule has 1 N–H and O–H groups in total. The standard InChI is InChI=1S/C20H23ClN4O3S/c1-14(19(26)22-10-4-11-27-2)29-20-24-23-18(15-6-8-16(21)9-7-15)25(20)13-17-5-3-12-28-17/h3,5-9,12,14H,4,10-11,13H2,1-2H3,(H,22,26). The lowest BCUT2D eigenvalue weighted by Crippen LogP contribution is -2.32. The number of halogens is 1. The number of amides is 1. The Kier molecular flexibility index (Phi) is 7.74. The van der Waals surface area contributed by atoms with Crippen LogP contribution in [0, 0.1) is 0 Å². The fraction of sp³-hybridized carbons (Fsp3) is 0.350. The fourth-order valence-corrected chi connectivity index (χ4v) is 3.67. The van der Waals surface area contributed by atoms with Crippen LogP contribution in [-0.4, -0.2) is 46.2 Å². The summed E-state index contributed by atoms with van der Waals surface area (Å²) in [5.74, 6) is 1.42. The Bertz CT molecular complexity index is 912. The SMILES string of the molecule is COCCCNC(=O)C(C)Sc1nnc(-c2ccc(Cl)cc2)n1Cc1ccco1. The van der Waals surface area contributed by atoms with E-state index in [9.17, 15) is 4.79 Å². The van der Waals surface area contributed by atoms with Gasteiger partial charge in [0.25, 0.3) is 0 Å². The molecule has 0 saturated heterocycles. The number of aromatic nitrogens is 3. The first-order chi connectivity index (χ1) is 14.1. The average Bonchev–Trinajstić information content (AvgIpc) is 3.37. The van der Waals surface area contributed by atoms with Crippen molar-refractivity contribution >= 4 is 29.3 Å². The van der Waals surface area contributed by atoms with Gasteiger partial charge in [-0.2, -0.15) is 0 Å². The van der Waals surface area contributed by atoms with Gasteiger partial charge in [0.15, 0.2) is 11.0 Å². The van der Waals surface area contributed by atoms with E-state index in [1.54, 1.807) is 13.4 Å². The zero-order valence-corrected chi connectivity index (χ0v) is 17.9. The predicted molar refractivity (Wildman–Crippen MR) is 113 cm³/mol. The summed E-state index contributed by atoms with van der Waals surface area (Å²) in [6, 6.07) is 11.1. The summed E-state index contributed by atoms with van der Waals surface area (Å²) in [7, 11) is 1.64. The normalized spacial score (nSPS) is 12.1. The molecule has 0 bridgehead atoms. The molecule has 154 valence electrons. The third kappa shape index (κ3) is 5.85. The maximum absolute atomic E-state index is 12.4. The van der Waals surface area contributed by atoms with E-state index >= 15 is 0 Å². The van der Waals surface area contributed by atoms with E-state index in [1.165, 1.54) is 11.8 Å². The van der Waals surface area contributed by atoms with Crippen molar-refractivity contribution in [2.24, 2.45) is 0 Å². The second kappa shape index (κ2) is 10.5. The third-order valence-electron chi connectivity index (χ3n) is 4.19. The van der Waals surface area contributed by atoms with Gasteiger partial charge in [-0.15, -0.1) is 10.2 Å². The molecule has 2 aromatic heterocycles.